The Hall–Kier alpha value is -2.52. The van der Waals surface area contributed by atoms with Crippen molar-refractivity contribution in [2.75, 3.05) is 19.9 Å². The lowest BCUT2D eigenvalue weighted by atomic mass is 9.99. The average molecular weight is 453 g/mol. The van der Waals surface area contributed by atoms with E-state index >= 15 is 0 Å². The van der Waals surface area contributed by atoms with E-state index in [1.165, 1.54) is 13.8 Å². The van der Waals surface area contributed by atoms with E-state index in [4.69, 9.17) is 4.74 Å². The zero-order valence-electron chi connectivity index (χ0n) is 18.2. The third kappa shape index (κ3) is 4.94. The summed E-state index contributed by atoms with van der Waals surface area (Å²) >= 11 is 0. The second kappa shape index (κ2) is 9.95. The summed E-state index contributed by atoms with van der Waals surface area (Å²) in [6, 6.07) is 9.60. The molecule has 1 amide bonds. The van der Waals surface area contributed by atoms with Crippen molar-refractivity contribution in [3.05, 3.63) is 53.9 Å². The minimum Gasteiger partial charge on any atom is -0.346 e. The van der Waals surface area contributed by atoms with E-state index in [0.29, 0.717) is 5.56 Å². The first-order valence-corrected chi connectivity index (χ1v) is 10.4. The van der Waals surface area contributed by atoms with Crippen molar-refractivity contribution >= 4 is 5.91 Å². The third-order valence-electron chi connectivity index (χ3n) is 5.61. The highest BCUT2D eigenvalue weighted by molar-refractivity contribution is 5.80. The van der Waals surface area contributed by atoms with E-state index in [0.717, 1.165) is 21.7 Å². The van der Waals surface area contributed by atoms with Gasteiger partial charge >= 0.3 is 6.43 Å². The van der Waals surface area contributed by atoms with Crippen molar-refractivity contribution in [3.63, 3.8) is 0 Å². The Morgan fingerprint density at radius 2 is 1.81 bits per heavy atom. The monoisotopic (exact) mass is 453 g/mol. The number of nitrogens with one attached hydrogen (secondary N) is 1. The van der Waals surface area contributed by atoms with Crippen molar-refractivity contribution in [1.29, 1.82) is 0 Å². The lowest BCUT2D eigenvalue weighted by Crippen LogP contribution is -2.51. The molecule has 3 rings (SSSR count). The topological polar surface area (TPSA) is 54.5 Å². The first-order valence-electron chi connectivity index (χ1n) is 10.4. The van der Waals surface area contributed by atoms with Gasteiger partial charge in [0.05, 0.1) is 11.7 Å². The minimum absolute atomic E-state index is 0.0819. The van der Waals surface area contributed by atoms with E-state index in [1.807, 2.05) is 19.1 Å². The lowest BCUT2D eigenvalue weighted by Gasteiger charge is -2.32. The molecule has 174 valence electrons. The van der Waals surface area contributed by atoms with Crippen molar-refractivity contribution in [2.24, 2.45) is 0 Å². The normalized spacial score (nSPS) is 21.2. The second-order valence-electron chi connectivity index (χ2n) is 8.17. The van der Waals surface area contributed by atoms with E-state index in [2.05, 4.69) is 10.3 Å². The summed E-state index contributed by atoms with van der Waals surface area (Å²) in [7, 11) is 0. The average Bonchev–Trinajstić information content (AvgIpc) is 3.07. The Bertz CT molecular complexity index is 906. The van der Waals surface area contributed by atoms with Gasteiger partial charge < -0.3 is 15.0 Å². The summed E-state index contributed by atoms with van der Waals surface area (Å²) in [5, 5.41) is 3.02. The molecular weight excluding hydrogens is 426 g/mol. The van der Waals surface area contributed by atoms with E-state index < -0.39 is 43.6 Å². The molecule has 0 bridgehead atoms. The third-order valence-corrected chi connectivity index (χ3v) is 5.61. The van der Waals surface area contributed by atoms with Crippen molar-refractivity contribution in [1.82, 2.24) is 15.2 Å². The van der Waals surface area contributed by atoms with Gasteiger partial charge in [0.1, 0.15) is 25.2 Å². The molecule has 2 aromatic rings. The summed E-state index contributed by atoms with van der Waals surface area (Å²) in [6.07, 6.45) is -2.39. The van der Waals surface area contributed by atoms with Gasteiger partial charge in [0.15, 0.2) is 0 Å². The highest BCUT2D eigenvalue weighted by Gasteiger charge is 2.52. The zero-order chi connectivity index (χ0) is 23.5. The van der Waals surface area contributed by atoms with Crippen molar-refractivity contribution in [3.8, 4) is 11.1 Å². The molecule has 1 N–H and O–H groups in total. The van der Waals surface area contributed by atoms with Crippen LogP contribution in [0.1, 0.15) is 44.2 Å². The van der Waals surface area contributed by atoms with Crippen LogP contribution in [0.3, 0.4) is 0 Å². The number of nitrogens with zero attached hydrogens (tertiary/aromatic N) is 2. The molecule has 1 unspecified atom stereocenters. The van der Waals surface area contributed by atoms with Gasteiger partial charge in [0.2, 0.25) is 0 Å². The van der Waals surface area contributed by atoms with E-state index in [1.54, 1.807) is 30.5 Å². The lowest BCUT2D eigenvalue weighted by molar-refractivity contribution is -0.159. The maximum Gasteiger partial charge on any atom is 0.315 e. The number of carbonyl (C=O) groups is 1. The molecule has 0 saturated carbocycles. The molecule has 0 aliphatic carbocycles. The number of carbonyl (C=O) groups excluding carboxylic acids is 1. The van der Waals surface area contributed by atoms with E-state index in [9.17, 15) is 22.4 Å². The Morgan fingerprint density at radius 3 is 2.34 bits per heavy atom. The Morgan fingerprint density at radius 1 is 1.16 bits per heavy atom. The Balaban J connectivity index is 1.78. The van der Waals surface area contributed by atoms with Crippen LogP contribution in [-0.4, -0.2) is 53.9 Å². The fraction of sp³-hybridized carbons (Fsp3) is 0.478. The largest absolute Gasteiger partial charge is 0.346 e. The molecule has 0 spiro atoms. The minimum atomic E-state index is -3.24. The van der Waals surface area contributed by atoms with Crippen molar-refractivity contribution in [2.45, 2.75) is 51.1 Å². The predicted octanol–water partition coefficient (Wildman–Crippen LogP) is 4.61. The molecule has 1 aliphatic rings. The Kier molecular flexibility index (Phi) is 7.51. The number of aromatic nitrogens is 1. The fourth-order valence-electron chi connectivity index (χ4n) is 4.03. The molecule has 1 aromatic heterocycles. The number of amides is 1. The highest BCUT2D eigenvalue weighted by atomic mass is 19.3. The number of halogens is 4. The first kappa shape index (κ1) is 24.1. The maximum atomic E-state index is 13.8. The van der Waals surface area contributed by atoms with Crippen LogP contribution >= 0.6 is 0 Å². The molecule has 9 heteroatoms. The molecule has 5 nitrogen and oxygen atoms in total. The number of hydrogen-bond donors (Lipinski definition) is 1. The summed E-state index contributed by atoms with van der Waals surface area (Å²) in [5.41, 5.74) is 1.71. The van der Waals surface area contributed by atoms with Gasteiger partial charge in [-0.2, -0.15) is 8.78 Å². The number of pyridine rings is 1. The van der Waals surface area contributed by atoms with Crippen LogP contribution in [0.25, 0.3) is 11.1 Å². The number of ether oxygens (including phenoxy) is 1. The summed E-state index contributed by atoms with van der Waals surface area (Å²) in [5.74, 6) is -1.45. The summed E-state index contributed by atoms with van der Waals surface area (Å²) in [4.78, 5) is 17.2. The van der Waals surface area contributed by atoms with Crippen molar-refractivity contribution < 1.29 is 27.1 Å². The van der Waals surface area contributed by atoms with Crippen LogP contribution < -0.4 is 5.32 Å². The van der Waals surface area contributed by atoms with Crippen LogP contribution in [0, 0.1) is 0 Å². The standard InChI is InChI=1S/C23H27F4N3O2/c1-14(28-11-10-24)18-9-8-17(13-29-18)15-4-6-16(7-5-15)20-19(12-25)30(22(31)21(26)27)23(2,3)32-20/h4-9,13-14,19-21,28H,10-12H2,1-3H3/t14?,19-,20-/m1/s1. The van der Waals surface area contributed by atoms with E-state index in [-0.39, 0.29) is 12.6 Å². The van der Waals surface area contributed by atoms with Crippen LogP contribution in [0.5, 0.6) is 0 Å². The zero-order valence-corrected chi connectivity index (χ0v) is 18.2. The molecular formula is C23H27F4N3O2. The van der Waals surface area contributed by atoms with Gasteiger partial charge in [-0.05, 0) is 38.0 Å². The molecule has 3 atom stereocenters. The van der Waals surface area contributed by atoms with Crippen LogP contribution in [0.15, 0.2) is 42.6 Å². The van der Waals surface area contributed by atoms with Gasteiger partial charge in [0.25, 0.3) is 5.91 Å². The molecule has 2 heterocycles. The second-order valence-corrected chi connectivity index (χ2v) is 8.17. The molecule has 1 fully saturated rings. The van der Waals surface area contributed by atoms with Crippen LogP contribution in [0.4, 0.5) is 17.6 Å². The number of alkyl halides is 4. The fourth-order valence-corrected chi connectivity index (χ4v) is 4.03. The van der Waals surface area contributed by atoms with Gasteiger partial charge in [-0.1, -0.05) is 30.3 Å². The molecule has 1 aliphatic heterocycles. The maximum absolute atomic E-state index is 13.8. The quantitative estimate of drug-likeness (QED) is 0.594. The van der Waals surface area contributed by atoms with Gasteiger partial charge in [-0.15, -0.1) is 0 Å². The molecule has 1 aromatic carbocycles. The Labute approximate surface area is 184 Å². The van der Waals surface area contributed by atoms with Gasteiger partial charge in [-0.3, -0.25) is 9.78 Å². The first-order chi connectivity index (χ1) is 15.2. The summed E-state index contributed by atoms with van der Waals surface area (Å²) < 4.78 is 58.1. The van der Waals surface area contributed by atoms with Gasteiger partial charge in [0, 0.05) is 24.3 Å². The smallest absolute Gasteiger partial charge is 0.315 e. The predicted molar refractivity (Wildman–Crippen MR) is 113 cm³/mol. The highest BCUT2D eigenvalue weighted by Crippen LogP contribution is 2.42. The number of benzene rings is 1. The molecule has 0 radical (unpaired) electrons. The van der Waals surface area contributed by atoms with Crippen LogP contribution in [-0.2, 0) is 9.53 Å². The number of hydrogen-bond acceptors (Lipinski definition) is 4. The molecule has 32 heavy (non-hydrogen) atoms. The summed E-state index contributed by atoms with van der Waals surface area (Å²) in [6.45, 7) is 3.65. The number of rotatable bonds is 8. The molecule has 1 saturated heterocycles. The van der Waals surface area contributed by atoms with Gasteiger partial charge in [-0.25, -0.2) is 8.78 Å². The van der Waals surface area contributed by atoms with Crippen LogP contribution in [0.2, 0.25) is 0 Å². The SMILES string of the molecule is CC(NCCF)c1ccc(-c2ccc([C@H]3OC(C)(C)N(C(=O)C(F)F)[C@@H]3CF)cc2)cn1.